The molecule has 1 aliphatic heterocycles. The van der Waals surface area contributed by atoms with Gasteiger partial charge in [0.1, 0.15) is 5.82 Å². The maximum absolute atomic E-state index is 11.6. The predicted molar refractivity (Wildman–Crippen MR) is 60.0 cm³/mol. The highest BCUT2D eigenvalue weighted by Gasteiger charge is 2.28. The Morgan fingerprint density at radius 2 is 2.25 bits per heavy atom. The Kier molecular flexibility index (Phi) is 2.21. The molecule has 1 unspecified atom stereocenters. The molecule has 1 atom stereocenters. The van der Waals surface area contributed by atoms with Crippen molar-refractivity contribution < 1.29 is 4.79 Å². The van der Waals surface area contributed by atoms with E-state index in [0.29, 0.717) is 5.92 Å². The van der Waals surface area contributed by atoms with E-state index in [2.05, 4.69) is 10.4 Å². The smallest absolute Gasteiger partial charge is 0.242 e. The molecule has 1 aromatic rings. The summed E-state index contributed by atoms with van der Waals surface area (Å²) in [6.45, 7) is 0.843. The molecule has 3 rings (SSSR count). The molecule has 5 nitrogen and oxygen atoms in total. The third kappa shape index (κ3) is 1.71. The van der Waals surface area contributed by atoms with Gasteiger partial charge in [-0.1, -0.05) is 0 Å². The maximum atomic E-state index is 11.6. The summed E-state index contributed by atoms with van der Waals surface area (Å²) < 4.78 is 1.90. The second-order valence-corrected chi connectivity index (χ2v) is 4.69. The van der Waals surface area contributed by atoms with E-state index in [1.807, 2.05) is 10.7 Å². The van der Waals surface area contributed by atoms with Gasteiger partial charge in [0.25, 0.3) is 0 Å². The van der Waals surface area contributed by atoms with Crippen LogP contribution in [0.15, 0.2) is 6.07 Å². The number of nitrogens with zero attached hydrogens (tertiary/aromatic N) is 2. The number of nitrogens with two attached hydrogens (primary N) is 1. The van der Waals surface area contributed by atoms with Crippen molar-refractivity contribution in [3.8, 4) is 0 Å². The van der Waals surface area contributed by atoms with Crippen LogP contribution in [0.5, 0.6) is 0 Å². The fourth-order valence-electron chi connectivity index (χ4n) is 2.10. The molecule has 1 fully saturated rings. The summed E-state index contributed by atoms with van der Waals surface area (Å²) in [6, 6.07) is 1.61. The molecular weight excluding hydrogens is 204 g/mol. The Hall–Kier alpha value is -1.36. The summed E-state index contributed by atoms with van der Waals surface area (Å²) in [6.07, 6.45) is 4.09. The van der Waals surface area contributed by atoms with Crippen molar-refractivity contribution in [1.29, 1.82) is 0 Å². The number of amides is 1. The molecule has 0 aromatic carbocycles. The van der Waals surface area contributed by atoms with Gasteiger partial charge in [-0.25, -0.2) is 4.68 Å². The molecule has 2 heterocycles. The van der Waals surface area contributed by atoms with Crippen LogP contribution < -0.4 is 11.1 Å². The summed E-state index contributed by atoms with van der Waals surface area (Å²) in [4.78, 5) is 11.6. The average molecular weight is 220 g/mol. The van der Waals surface area contributed by atoms with Gasteiger partial charge in [0, 0.05) is 18.5 Å². The van der Waals surface area contributed by atoms with Gasteiger partial charge in [-0.2, -0.15) is 5.10 Å². The van der Waals surface area contributed by atoms with E-state index in [1.54, 1.807) is 0 Å². The van der Waals surface area contributed by atoms with E-state index in [0.717, 1.165) is 30.9 Å². The van der Waals surface area contributed by atoms with Crippen LogP contribution in [0.25, 0.3) is 0 Å². The van der Waals surface area contributed by atoms with E-state index >= 15 is 0 Å². The van der Waals surface area contributed by atoms with Crippen LogP contribution in [0.2, 0.25) is 0 Å². The second kappa shape index (κ2) is 3.59. The zero-order valence-corrected chi connectivity index (χ0v) is 9.15. The Bertz CT molecular complexity index is 422. The van der Waals surface area contributed by atoms with Gasteiger partial charge < -0.3 is 11.1 Å². The predicted octanol–water partition coefficient (Wildman–Crippen LogP) is 0.820. The zero-order chi connectivity index (χ0) is 11.1. The van der Waals surface area contributed by atoms with Crippen LogP contribution in [-0.4, -0.2) is 21.7 Å². The van der Waals surface area contributed by atoms with Crippen LogP contribution in [-0.2, 0) is 11.3 Å². The molecule has 1 aliphatic carbocycles. The largest absolute Gasteiger partial charge is 0.320 e. The number of nitrogens with one attached hydrogen (secondary N) is 1. The molecule has 0 spiro atoms. The molecule has 5 heteroatoms. The average Bonchev–Trinajstić information content (AvgIpc) is 3.02. The third-order valence-corrected chi connectivity index (χ3v) is 3.27. The first kappa shape index (κ1) is 9.84. The van der Waals surface area contributed by atoms with Gasteiger partial charge in [-0.3, -0.25) is 4.79 Å². The Morgan fingerprint density at radius 3 is 3.00 bits per heavy atom. The Labute approximate surface area is 94.0 Å². The lowest BCUT2D eigenvalue weighted by atomic mass is 10.1. The van der Waals surface area contributed by atoms with Crippen LogP contribution >= 0.6 is 0 Å². The molecule has 2 aliphatic rings. The Balaban J connectivity index is 1.89. The van der Waals surface area contributed by atoms with Gasteiger partial charge in [0.15, 0.2) is 0 Å². The van der Waals surface area contributed by atoms with Crippen molar-refractivity contribution in [2.45, 2.75) is 44.2 Å². The number of rotatable bonds is 1. The maximum Gasteiger partial charge on any atom is 0.242 e. The number of hydrogen-bond acceptors (Lipinski definition) is 3. The van der Waals surface area contributed by atoms with E-state index in [4.69, 9.17) is 5.73 Å². The van der Waals surface area contributed by atoms with Crippen molar-refractivity contribution >= 4 is 11.7 Å². The number of fused-ring (bicyclic) bond motifs is 1. The van der Waals surface area contributed by atoms with Crippen LogP contribution in [0.4, 0.5) is 5.82 Å². The molecule has 1 aromatic heterocycles. The fraction of sp³-hybridized carbons (Fsp3) is 0.636. The first-order valence-electron chi connectivity index (χ1n) is 5.88. The lowest BCUT2D eigenvalue weighted by Gasteiger charge is -2.17. The van der Waals surface area contributed by atoms with Crippen LogP contribution in [0.1, 0.15) is 37.3 Å². The highest BCUT2D eigenvalue weighted by molar-refractivity contribution is 5.94. The fourth-order valence-corrected chi connectivity index (χ4v) is 2.10. The molecular formula is C11H16N4O. The standard InChI is InChI=1S/C11H16N4O/c12-8-2-1-5-15-10(13-11(8)16)6-9(14-15)7-3-4-7/h6-8H,1-5,12H2,(H,13,16). The summed E-state index contributed by atoms with van der Waals surface area (Å²) in [7, 11) is 0. The minimum Gasteiger partial charge on any atom is -0.320 e. The van der Waals surface area contributed by atoms with E-state index in [1.165, 1.54) is 12.8 Å². The number of carbonyl (C=O) groups is 1. The third-order valence-electron chi connectivity index (χ3n) is 3.27. The lowest BCUT2D eigenvalue weighted by Crippen LogP contribution is -2.37. The quantitative estimate of drug-likeness (QED) is 0.736. The minimum atomic E-state index is -0.381. The molecule has 3 N–H and O–H groups in total. The van der Waals surface area contributed by atoms with Gasteiger partial charge in [0.05, 0.1) is 11.7 Å². The van der Waals surface area contributed by atoms with Crippen molar-refractivity contribution in [3.63, 3.8) is 0 Å². The normalized spacial score (nSPS) is 25.6. The van der Waals surface area contributed by atoms with E-state index < -0.39 is 0 Å². The molecule has 0 saturated heterocycles. The van der Waals surface area contributed by atoms with E-state index in [9.17, 15) is 4.79 Å². The van der Waals surface area contributed by atoms with Crippen molar-refractivity contribution in [2.24, 2.45) is 5.73 Å². The number of anilines is 1. The summed E-state index contributed by atoms with van der Waals surface area (Å²) >= 11 is 0. The highest BCUT2D eigenvalue weighted by Crippen LogP contribution is 2.40. The molecule has 1 saturated carbocycles. The highest BCUT2D eigenvalue weighted by atomic mass is 16.2. The van der Waals surface area contributed by atoms with E-state index in [-0.39, 0.29) is 11.9 Å². The summed E-state index contributed by atoms with van der Waals surface area (Å²) in [5.74, 6) is 1.33. The molecule has 0 bridgehead atoms. The zero-order valence-electron chi connectivity index (χ0n) is 9.15. The SMILES string of the molecule is NC1CCCn2nc(C3CC3)cc2NC1=O. The van der Waals surface area contributed by atoms with Crippen molar-refractivity contribution in [3.05, 3.63) is 11.8 Å². The first-order chi connectivity index (χ1) is 7.74. The molecule has 86 valence electrons. The van der Waals surface area contributed by atoms with Crippen molar-refractivity contribution in [1.82, 2.24) is 9.78 Å². The first-order valence-corrected chi connectivity index (χ1v) is 5.88. The summed E-state index contributed by atoms with van der Waals surface area (Å²) in [5.41, 5.74) is 6.86. The van der Waals surface area contributed by atoms with Crippen molar-refractivity contribution in [2.75, 3.05) is 5.32 Å². The van der Waals surface area contributed by atoms with Gasteiger partial charge in [-0.15, -0.1) is 0 Å². The van der Waals surface area contributed by atoms with Crippen LogP contribution in [0, 0.1) is 0 Å². The topological polar surface area (TPSA) is 72.9 Å². The number of hydrogen-bond donors (Lipinski definition) is 2. The minimum absolute atomic E-state index is 0.0943. The van der Waals surface area contributed by atoms with Gasteiger partial charge in [0.2, 0.25) is 5.91 Å². The second-order valence-electron chi connectivity index (χ2n) is 4.69. The van der Waals surface area contributed by atoms with Crippen LogP contribution in [0.3, 0.4) is 0 Å². The molecule has 0 radical (unpaired) electrons. The Morgan fingerprint density at radius 1 is 1.44 bits per heavy atom. The lowest BCUT2D eigenvalue weighted by molar-refractivity contribution is -0.117. The van der Waals surface area contributed by atoms with Gasteiger partial charge >= 0.3 is 0 Å². The monoisotopic (exact) mass is 220 g/mol. The molecule has 1 amide bonds. The summed E-state index contributed by atoms with van der Waals surface area (Å²) in [5, 5.41) is 7.39. The number of aryl methyl sites for hydroxylation is 1. The number of aromatic nitrogens is 2. The van der Waals surface area contributed by atoms with Gasteiger partial charge in [-0.05, 0) is 25.7 Å². The molecule has 16 heavy (non-hydrogen) atoms. The number of carbonyl (C=O) groups excluding carboxylic acids is 1.